The Balaban J connectivity index is 1.63. The fraction of sp³-hybridized carbons (Fsp3) is 0.318. The number of hydrogen-bond acceptors (Lipinski definition) is 2. The number of fused-ring (bicyclic) bond motifs is 1. The van der Waals surface area contributed by atoms with Gasteiger partial charge in [-0.3, -0.25) is 4.79 Å². The van der Waals surface area contributed by atoms with Crippen molar-refractivity contribution < 1.29 is 9.53 Å². The quantitative estimate of drug-likeness (QED) is 0.671. The first kappa shape index (κ1) is 18.2. The highest BCUT2D eigenvalue weighted by Gasteiger charge is 2.20. The molecule has 1 atom stereocenters. The Morgan fingerprint density at radius 2 is 1.85 bits per heavy atom. The van der Waals surface area contributed by atoms with E-state index in [9.17, 15) is 4.79 Å². The third-order valence-corrected chi connectivity index (χ3v) is 4.90. The molecule has 1 aromatic heterocycles. The number of para-hydroxylation sites is 1. The predicted molar refractivity (Wildman–Crippen MR) is 105 cm³/mol. The average molecular weight is 350 g/mol. The second-order valence-corrected chi connectivity index (χ2v) is 6.66. The molecule has 136 valence electrons. The van der Waals surface area contributed by atoms with E-state index in [0.717, 1.165) is 18.4 Å². The number of nitrogens with one attached hydrogen (secondary N) is 1. The number of benzene rings is 2. The van der Waals surface area contributed by atoms with Crippen LogP contribution in [0.2, 0.25) is 0 Å². The van der Waals surface area contributed by atoms with Gasteiger partial charge >= 0.3 is 0 Å². The van der Waals surface area contributed by atoms with Crippen LogP contribution in [0.4, 0.5) is 0 Å². The van der Waals surface area contributed by atoms with Crippen molar-refractivity contribution in [1.29, 1.82) is 0 Å². The topological polar surface area (TPSA) is 45.3 Å². The first-order valence-electron chi connectivity index (χ1n) is 9.02. The summed E-state index contributed by atoms with van der Waals surface area (Å²) in [4.78, 5) is 17.9. The molecule has 0 radical (unpaired) electrons. The van der Waals surface area contributed by atoms with Crippen molar-refractivity contribution in [3.05, 3.63) is 71.9 Å². The minimum absolute atomic E-state index is 0.0397. The number of likely N-dealkylation sites (N-methyl/N-ethyl adjacent to an activating group) is 1. The molecule has 4 heteroatoms. The van der Waals surface area contributed by atoms with Crippen molar-refractivity contribution in [3.8, 4) is 0 Å². The van der Waals surface area contributed by atoms with Crippen molar-refractivity contribution in [3.63, 3.8) is 0 Å². The zero-order valence-electron chi connectivity index (χ0n) is 15.4. The highest BCUT2D eigenvalue weighted by atomic mass is 16.5. The van der Waals surface area contributed by atoms with E-state index in [1.165, 1.54) is 16.5 Å². The van der Waals surface area contributed by atoms with Crippen LogP contribution >= 0.6 is 0 Å². The zero-order chi connectivity index (χ0) is 18.4. The summed E-state index contributed by atoms with van der Waals surface area (Å²) in [6, 6.07) is 18.5. The van der Waals surface area contributed by atoms with Crippen LogP contribution in [-0.4, -0.2) is 42.6 Å². The smallest absolute Gasteiger partial charge is 0.222 e. The summed E-state index contributed by atoms with van der Waals surface area (Å²) in [5.74, 6) is 0.147. The molecule has 0 bridgehead atoms. The highest BCUT2D eigenvalue weighted by Crippen LogP contribution is 2.19. The Morgan fingerprint density at radius 3 is 2.62 bits per heavy atom. The molecule has 0 saturated carbocycles. The van der Waals surface area contributed by atoms with Crippen LogP contribution in [0.25, 0.3) is 10.9 Å². The average Bonchev–Trinajstić information content (AvgIpc) is 3.09. The van der Waals surface area contributed by atoms with Gasteiger partial charge < -0.3 is 14.6 Å². The van der Waals surface area contributed by atoms with Crippen LogP contribution in [0.5, 0.6) is 0 Å². The zero-order valence-corrected chi connectivity index (χ0v) is 15.4. The molecule has 1 unspecified atom stereocenters. The molecular weight excluding hydrogens is 324 g/mol. The monoisotopic (exact) mass is 350 g/mol. The van der Waals surface area contributed by atoms with E-state index in [0.29, 0.717) is 13.0 Å². The van der Waals surface area contributed by atoms with Gasteiger partial charge in [-0.25, -0.2) is 0 Å². The molecule has 4 nitrogen and oxygen atoms in total. The van der Waals surface area contributed by atoms with Gasteiger partial charge in [-0.15, -0.1) is 0 Å². The summed E-state index contributed by atoms with van der Waals surface area (Å²) in [5, 5.41) is 1.20. The van der Waals surface area contributed by atoms with Crippen LogP contribution in [0.1, 0.15) is 17.5 Å². The van der Waals surface area contributed by atoms with Gasteiger partial charge in [0.05, 0.1) is 12.6 Å². The standard InChI is InChI=1S/C22H26N2O2/c1-24(19(16-26-2)14-17-8-4-3-5-9-17)22(25)13-12-18-15-23-21-11-7-6-10-20(18)21/h3-11,15,19,23H,12-14,16H2,1-2H3. The van der Waals surface area contributed by atoms with E-state index in [4.69, 9.17) is 4.74 Å². The van der Waals surface area contributed by atoms with Crippen molar-refractivity contribution in [2.24, 2.45) is 0 Å². The highest BCUT2D eigenvalue weighted by molar-refractivity contribution is 5.84. The molecule has 2 aromatic carbocycles. The predicted octanol–water partition coefficient (Wildman–Crippen LogP) is 3.82. The minimum Gasteiger partial charge on any atom is -0.383 e. The molecule has 0 aliphatic heterocycles. The van der Waals surface area contributed by atoms with E-state index >= 15 is 0 Å². The minimum atomic E-state index is 0.0397. The summed E-state index contributed by atoms with van der Waals surface area (Å²) in [5.41, 5.74) is 3.52. The lowest BCUT2D eigenvalue weighted by molar-refractivity contribution is -0.132. The van der Waals surface area contributed by atoms with Crippen LogP contribution in [0.3, 0.4) is 0 Å². The SMILES string of the molecule is COCC(Cc1ccccc1)N(C)C(=O)CCc1c[nH]c2ccccc12. The van der Waals surface area contributed by atoms with E-state index in [1.807, 2.05) is 48.5 Å². The summed E-state index contributed by atoms with van der Waals surface area (Å²) in [7, 11) is 3.56. The number of amides is 1. The second-order valence-electron chi connectivity index (χ2n) is 6.66. The lowest BCUT2D eigenvalue weighted by Crippen LogP contribution is -2.41. The number of ether oxygens (including phenoxy) is 1. The first-order valence-corrected chi connectivity index (χ1v) is 9.02. The third-order valence-electron chi connectivity index (χ3n) is 4.90. The van der Waals surface area contributed by atoms with Crippen LogP contribution in [0, 0.1) is 0 Å². The number of aryl methyl sites for hydroxylation is 1. The Morgan fingerprint density at radius 1 is 1.12 bits per heavy atom. The van der Waals surface area contributed by atoms with Gasteiger partial charge in [0.1, 0.15) is 0 Å². The molecule has 26 heavy (non-hydrogen) atoms. The Kier molecular flexibility index (Phi) is 6.08. The van der Waals surface area contributed by atoms with Gasteiger partial charge in [0.25, 0.3) is 0 Å². The molecular formula is C22H26N2O2. The molecule has 1 N–H and O–H groups in total. The normalized spacial score (nSPS) is 12.2. The number of rotatable bonds is 8. The number of nitrogens with zero attached hydrogens (tertiary/aromatic N) is 1. The molecule has 0 saturated heterocycles. The van der Waals surface area contributed by atoms with Crippen molar-refractivity contribution in [2.45, 2.75) is 25.3 Å². The van der Waals surface area contributed by atoms with E-state index in [1.54, 1.807) is 7.11 Å². The molecule has 3 aromatic rings. The number of aromatic amines is 1. The van der Waals surface area contributed by atoms with Gasteiger partial charge in [-0.2, -0.15) is 0 Å². The molecule has 3 rings (SSSR count). The number of methoxy groups -OCH3 is 1. The maximum Gasteiger partial charge on any atom is 0.222 e. The summed E-state index contributed by atoms with van der Waals surface area (Å²) in [6.07, 6.45) is 4.03. The Hall–Kier alpha value is -2.59. The molecule has 0 aliphatic rings. The van der Waals surface area contributed by atoms with E-state index in [-0.39, 0.29) is 11.9 Å². The van der Waals surface area contributed by atoms with Gasteiger partial charge in [-0.05, 0) is 30.0 Å². The largest absolute Gasteiger partial charge is 0.383 e. The van der Waals surface area contributed by atoms with Crippen molar-refractivity contribution in [1.82, 2.24) is 9.88 Å². The molecule has 0 fully saturated rings. The number of carbonyl (C=O) groups excluding carboxylic acids is 1. The number of H-pyrrole nitrogens is 1. The second kappa shape index (κ2) is 8.68. The van der Waals surface area contributed by atoms with Crippen LogP contribution in [-0.2, 0) is 22.4 Å². The summed E-state index contributed by atoms with van der Waals surface area (Å²) in [6.45, 7) is 0.532. The molecule has 0 spiro atoms. The fourth-order valence-corrected chi connectivity index (χ4v) is 3.35. The Bertz CT molecular complexity index is 841. The lowest BCUT2D eigenvalue weighted by Gasteiger charge is -2.28. The number of aromatic nitrogens is 1. The lowest BCUT2D eigenvalue weighted by atomic mass is 10.0. The van der Waals surface area contributed by atoms with Crippen molar-refractivity contribution >= 4 is 16.8 Å². The third kappa shape index (κ3) is 4.33. The maximum atomic E-state index is 12.7. The van der Waals surface area contributed by atoms with E-state index < -0.39 is 0 Å². The number of hydrogen-bond donors (Lipinski definition) is 1. The van der Waals surface area contributed by atoms with Crippen LogP contribution < -0.4 is 0 Å². The molecule has 0 aliphatic carbocycles. The summed E-state index contributed by atoms with van der Waals surface area (Å²) < 4.78 is 5.36. The van der Waals surface area contributed by atoms with Gasteiger partial charge in [0, 0.05) is 37.7 Å². The molecule has 1 amide bonds. The van der Waals surface area contributed by atoms with Crippen LogP contribution in [0.15, 0.2) is 60.8 Å². The first-order chi connectivity index (χ1) is 12.7. The van der Waals surface area contributed by atoms with Gasteiger partial charge in [0.15, 0.2) is 0 Å². The maximum absolute atomic E-state index is 12.7. The van der Waals surface area contributed by atoms with Crippen molar-refractivity contribution in [2.75, 3.05) is 20.8 Å². The summed E-state index contributed by atoms with van der Waals surface area (Å²) >= 11 is 0. The number of carbonyl (C=O) groups is 1. The Labute approximate surface area is 154 Å². The molecule has 1 heterocycles. The van der Waals surface area contributed by atoms with E-state index in [2.05, 4.69) is 29.2 Å². The fourth-order valence-electron chi connectivity index (χ4n) is 3.35. The van der Waals surface area contributed by atoms with Gasteiger partial charge in [0.2, 0.25) is 5.91 Å². The van der Waals surface area contributed by atoms with Gasteiger partial charge in [-0.1, -0.05) is 48.5 Å².